The lowest BCUT2D eigenvalue weighted by Crippen LogP contribution is -2.26. The van der Waals surface area contributed by atoms with Crippen LogP contribution in [0.25, 0.3) is 5.57 Å². The van der Waals surface area contributed by atoms with Gasteiger partial charge in [0.05, 0.1) is 27.8 Å². The number of carbonyl (C=O) groups is 2. The highest BCUT2D eigenvalue weighted by Gasteiger charge is 2.17. The number of hydrogen-bond acceptors (Lipinski definition) is 7. The van der Waals surface area contributed by atoms with Crippen molar-refractivity contribution < 1.29 is 9.59 Å². The molecule has 3 aromatic carbocycles. The summed E-state index contributed by atoms with van der Waals surface area (Å²) in [5.41, 5.74) is 15.8. The molecule has 9 nitrogen and oxygen atoms in total. The Morgan fingerprint density at radius 2 is 1.73 bits per heavy atom. The predicted octanol–water partition coefficient (Wildman–Crippen LogP) is 6.03. The summed E-state index contributed by atoms with van der Waals surface area (Å²) in [4.78, 5) is 36.2. The van der Waals surface area contributed by atoms with Gasteiger partial charge in [-0.25, -0.2) is 9.97 Å². The molecule has 10 heteroatoms. The maximum absolute atomic E-state index is 13.3. The molecule has 0 spiro atoms. The molecule has 0 aliphatic rings. The van der Waals surface area contributed by atoms with Gasteiger partial charge in [-0.15, -0.1) is 0 Å². The second-order valence-corrected chi connectivity index (χ2v) is 9.16. The summed E-state index contributed by atoms with van der Waals surface area (Å²) in [6.45, 7) is 3.66. The molecule has 1 aromatic heterocycles. The Morgan fingerprint density at radius 3 is 2.44 bits per heavy atom. The molecule has 0 saturated carbocycles. The Morgan fingerprint density at radius 1 is 1.00 bits per heavy atom. The van der Waals surface area contributed by atoms with E-state index in [0.29, 0.717) is 56.1 Å². The highest BCUT2D eigenvalue weighted by Crippen LogP contribution is 2.30. The van der Waals surface area contributed by atoms with Gasteiger partial charge >= 0.3 is 0 Å². The first-order chi connectivity index (χ1) is 19.8. The first kappa shape index (κ1) is 28.6. The van der Waals surface area contributed by atoms with Crippen molar-refractivity contribution >= 4 is 57.7 Å². The molecular formula is C31H28ClN7O2. The van der Waals surface area contributed by atoms with Gasteiger partial charge in [-0.1, -0.05) is 48.5 Å². The van der Waals surface area contributed by atoms with E-state index in [9.17, 15) is 9.59 Å². The van der Waals surface area contributed by atoms with Gasteiger partial charge in [0.1, 0.15) is 0 Å². The molecule has 0 unspecified atom stereocenters. The third kappa shape index (κ3) is 6.97. The van der Waals surface area contributed by atoms with Crippen LogP contribution < -0.4 is 27.0 Å². The zero-order valence-corrected chi connectivity index (χ0v) is 23.0. The second-order valence-electron chi connectivity index (χ2n) is 8.75. The SMILES string of the molecule is C=C/C=C\C(=C/N)c1ccnc(Nc2cc(N(C)C(=O)c3ccc(C(=O)Nc4ccccc4N)cc3)ccc2Cl)n1. The maximum Gasteiger partial charge on any atom is 0.258 e. The minimum absolute atomic E-state index is 0.275. The Labute approximate surface area is 242 Å². The predicted molar refractivity (Wildman–Crippen MR) is 166 cm³/mol. The van der Waals surface area contributed by atoms with Crippen LogP contribution in [0.4, 0.5) is 28.7 Å². The van der Waals surface area contributed by atoms with Crippen LogP contribution in [0.3, 0.4) is 0 Å². The van der Waals surface area contributed by atoms with Crippen molar-refractivity contribution in [1.82, 2.24) is 9.97 Å². The number of nitrogens with two attached hydrogens (primary N) is 2. The van der Waals surface area contributed by atoms with E-state index in [0.717, 1.165) is 0 Å². The first-order valence-corrected chi connectivity index (χ1v) is 12.8. The molecule has 4 aromatic rings. The first-order valence-electron chi connectivity index (χ1n) is 12.5. The molecule has 0 aliphatic carbocycles. The van der Waals surface area contributed by atoms with Crippen LogP contribution in [-0.2, 0) is 0 Å². The van der Waals surface area contributed by atoms with Gasteiger partial charge in [-0.2, -0.15) is 0 Å². The van der Waals surface area contributed by atoms with Crippen LogP contribution >= 0.6 is 11.6 Å². The number of halogens is 1. The number of nitrogens with one attached hydrogen (secondary N) is 2. The number of rotatable bonds is 9. The zero-order valence-electron chi connectivity index (χ0n) is 22.2. The summed E-state index contributed by atoms with van der Waals surface area (Å²) in [7, 11) is 1.65. The Balaban J connectivity index is 1.49. The number of anilines is 5. The molecule has 1 heterocycles. The molecule has 0 atom stereocenters. The normalized spacial score (nSPS) is 11.2. The quantitative estimate of drug-likeness (QED) is 0.143. The van der Waals surface area contributed by atoms with Crippen molar-refractivity contribution in [3.05, 3.63) is 132 Å². The Kier molecular flexibility index (Phi) is 9.13. The molecule has 0 radical (unpaired) electrons. The summed E-state index contributed by atoms with van der Waals surface area (Å²) in [6.07, 6.45) is 8.22. The van der Waals surface area contributed by atoms with E-state index in [2.05, 4.69) is 27.2 Å². The molecule has 0 aliphatic heterocycles. The zero-order chi connectivity index (χ0) is 29.4. The number of benzene rings is 3. The lowest BCUT2D eigenvalue weighted by Gasteiger charge is -2.19. The number of amides is 2. The van der Waals surface area contributed by atoms with Gasteiger partial charge in [-0.3, -0.25) is 9.59 Å². The summed E-state index contributed by atoms with van der Waals surface area (Å²) in [5, 5.41) is 6.30. The molecular weight excluding hydrogens is 538 g/mol. The number of nitrogen functional groups attached to an aromatic ring is 1. The third-order valence-electron chi connectivity index (χ3n) is 6.03. The van der Waals surface area contributed by atoms with Crippen LogP contribution in [0, 0.1) is 0 Å². The lowest BCUT2D eigenvalue weighted by atomic mass is 10.1. The van der Waals surface area contributed by atoms with Crippen LogP contribution in [0.15, 0.2) is 110 Å². The largest absolute Gasteiger partial charge is 0.404 e. The topological polar surface area (TPSA) is 139 Å². The number of hydrogen-bond donors (Lipinski definition) is 4. The molecule has 0 saturated heterocycles. The fourth-order valence-corrected chi connectivity index (χ4v) is 3.96. The number of aromatic nitrogens is 2. The summed E-state index contributed by atoms with van der Waals surface area (Å²) >= 11 is 6.44. The average Bonchev–Trinajstić information content (AvgIpc) is 2.99. The van der Waals surface area contributed by atoms with Gasteiger partial charge in [0.25, 0.3) is 11.8 Å². The van der Waals surface area contributed by atoms with Crippen LogP contribution in [0.1, 0.15) is 26.4 Å². The highest BCUT2D eigenvalue weighted by atomic mass is 35.5. The number of para-hydroxylation sites is 2. The van der Waals surface area contributed by atoms with Crippen molar-refractivity contribution in [1.29, 1.82) is 0 Å². The highest BCUT2D eigenvalue weighted by molar-refractivity contribution is 6.33. The fourth-order valence-electron chi connectivity index (χ4n) is 3.80. The van der Waals surface area contributed by atoms with Gasteiger partial charge in [-0.05, 0) is 60.7 Å². The number of nitrogens with zero attached hydrogens (tertiary/aromatic N) is 3. The van der Waals surface area contributed by atoms with E-state index in [-0.39, 0.29) is 11.8 Å². The molecule has 0 fully saturated rings. The fraction of sp³-hybridized carbons (Fsp3) is 0.0323. The number of allylic oxidation sites excluding steroid dienone is 4. The van der Waals surface area contributed by atoms with Crippen LogP contribution in [0.5, 0.6) is 0 Å². The van der Waals surface area contributed by atoms with Crippen molar-refractivity contribution in [2.45, 2.75) is 0 Å². The van der Waals surface area contributed by atoms with Crippen LogP contribution in [-0.4, -0.2) is 28.8 Å². The van der Waals surface area contributed by atoms with Crippen molar-refractivity contribution in [2.75, 3.05) is 28.3 Å². The molecule has 6 N–H and O–H groups in total. The summed E-state index contributed by atoms with van der Waals surface area (Å²) in [5.74, 6) is -0.309. The Hall–Kier alpha value is -5.41. The van der Waals surface area contributed by atoms with Crippen molar-refractivity contribution in [3.63, 3.8) is 0 Å². The molecule has 41 heavy (non-hydrogen) atoms. The minimum Gasteiger partial charge on any atom is -0.404 e. The smallest absolute Gasteiger partial charge is 0.258 e. The standard InChI is InChI=1S/C31H28ClN7O2/c1-3-4-7-22(19-33)26-16-17-35-31(37-26)38-28-18-23(14-15-24(28)32)39(2)30(41)21-12-10-20(11-13-21)29(40)36-27-9-6-5-8-25(27)34/h3-19H,1,33-34H2,2H3,(H,36,40)(H,35,37,38)/b7-4-,22-19+. The minimum atomic E-state index is -0.333. The van der Waals surface area contributed by atoms with E-state index >= 15 is 0 Å². The van der Waals surface area contributed by atoms with Crippen LogP contribution in [0.2, 0.25) is 5.02 Å². The molecule has 4 rings (SSSR count). The average molecular weight is 566 g/mol. The molecule has 0 bridgehead atoms. The van der Waals surface area contributed by atoms with E-state index in [1.54, 1.807) is 104 Å². The second kappa shape index (κ2) is 13.1. The lowest BCUT2D eigenvalue weighted by molar-refractivity contribution is 0.0989. The van der Waals surface area contributed by atoms with E-state index in [1.807, 2.05) is 0 Å². The van der Waals surface area contributed by atoms with Gasteiger partial charge in [0.15, 0.2) is 0 Å². The summed E-state index contributed by atoms with van der Waals surface area (Å²) < 4.78 is 0. The van der Waals surface area contributed by atoms with E-state index < -0.39 is 0 Å². The van der Waals surface area contributed by atoms with E-state index in [4.69, 9.17) is 23.1 Å². The monoisotopic (exact) mass is 565 g/mol. The van der Waals surface area contributed by atoms with Crippen molar-refractivity contribution in [3.8, 4) is 0 Å². The van der Waals surface area contributed by atoms with Crippen molar-refractivity contribution in [2.24, 2.45) is 5.73 Å². The third-order valence-corrected chi connectivity index (χ3v) is 6.36. The molecule has 2 amide bonds. The molecule has 206 valence electrons. The maximum atomic E-state index is 13.3. The van der Waals surface area contributed by atoms with E-state index in [1.165, 1.54) is 11.1 Å². The number of carbonyl (C=O) groups excluding carboxylic acids is 2. The summed E-state index contributed by atoms with van der Waals surface area (Å²) in [6, 6.07) is 20.2. The van der Waals surface area contributed by atoms with Gasteiger partial charge in [0.2, 0.25) is 5.95 Å². The van der Waals surface area contributed by atoms with Gasteiger partial charge < -0.3 is 27.0 Å². The Bertz CT molecular complexity index is 1650. The van der Waals surface area contributed by atoms with Gasteiger partial charge in [0, 0.05) is 41.8 Å².